The van der Waals surface area contributed by atoms with Crippen molar-refractivity contribution in [3.63, 3.8) is 0 Å². The molecule has 2 N–H and O–H groups in total. The Morgan fingerprint density at radius 1 is 1.27 bits per heavy atom. The summed E-state index contributed by atoms with van der Waals surface area (Å²) in [4.78, 5) is 14.2. The van der Waals surface area contributed by atoms with Gasteiger partial charge in [0, 0.05) is 44.2 Å². The molecule has 2 rings (SSSR count). The van der Waals surface area contributed by atoms with Crippen molar-refractivity contribution < 1.29 is 4.92 Å². The van der Waals surface area contributed by atoms with Crippen LogP contribution in [0, 0.1) is 10.1 Å². The predicted molar refractivity (Wildman–Crippen MR) is 89.8 cm³/mol. The number of pyridine rings is 1. The average Bonchev–Trinajstić information content (AvgIpc) is 2.49. The molecule has 1 aromatic heterocycles. The summed E-state index contributed by atoms with van der Waals surface area (Å²) in [5.41, 5.74) is 1.79. The number of rotatable bonds is 7. The van der Waals surface area contributed by atoms with E-state index in [0.29, 0.717) is 17.3 Å². The maximum absolute atomic E-state index is 10.6. The molecule has 1 aromatic carbocycles. The van der Waals surface area contributed by atoms with E-state index in [-0.39, 0.29) is 18.1 Å². The molecule has 118 valence electrons. The molecule has 0 spiro atoms. The van der Waals surface area contributed by atoms with Crippen molar-refractivity contribution in [3.05, 3.63) is 63.4 Å². The number of aromatic nitrogens is 1. The van der Waals surface area contributed by atoms with E-state index in [1.165, 1.54) is 12.1 Å². The third-order valence-electron chi connectivity index (χ3n) is 2.83. The lowest BCUT2D eigenvalue weighted by molar-refractivity contribution is -0.384. The molecule has 0 radical (unpaired) electrons. The highest BCUT2D eigenvalue weighted by molar-refractivity contribution is 6.33. The van der Waals surface area contributed by atoms with Crippen molar-refractivity contribution >= 4 is 35.4 Å². The van der Waals surface area contributed by atoms with E-state index in [1.807, 2.05) is 18.3 Å². The van der Waals surface area contributed by atoms with Crippen molar-refractivity contribution in [2.45, 2.75) is 6.54 Å². The van der Waals surface area contributed by atoms with Crippen LogP contribution >= 0.6 is 24.0 Å². The number of nitro benzene ring substituents is 1. The van der Waals surface area contributed by atoms with Gasteiger partial charge in [0.1, 0.15) is 0 Å². The largest absolute Gasteiger partial charge is 0.383 e. The molecule has 1 heterocycles. The fraction of sp³-hybridized carbons (Fsp3) is 0.214. The molecular weight excluding hydrogens is 327 g/mol. The van der Waals surface area contributed by atoms with Crippen LogP contribution in [0.1, 0.15) is 5.56 Å². The first-order chi connectivity index (χ1) is 10.2. The minimum Gasteiger partial charge on any atom is -0.383 e. The molecule has 0 saturated carbocycles. The summed E-state index contributed by atoms with van der Waals surface area (Å²) < 4.78 is 0. The van der Waals surface area contributed by atoms with Gasteiger partial charge in [0.25, 0.3) is 5.69 Å². The van der Waals surface area contributed by atoms with Gasteiger partial charge >= 0.3 is 0 Å². The fourth-order valence-electron chi connectivity index (χ4n) is 1.78. The molecule has 0 amide bonds. The average molecular weight is 343 g/mol. The SMILES string of the molecule is Cl.O=[N+]([O-])c1ccc(NCCNCc2cccnc2)c(Cl)c1. The van der Waals surface area contributed by atoms with Gasteiger partial charge in [-0.05, 0) is 17.7 Å². The van der Waals surface area contributed by atoms with Crippen LogP contribution in [0.3, 0.4) is 0 Å². The van der Waals surface area contributed by atoms with Crippen LogP contribution in [0.4, 0.5) is 11.4 Å². The molecule has 0 atom stereocenters. The Labute approximate surface area is 139 Å². The number of anilines is 1. The third kappa shape index (κ3) is 5.48. The van der Waals surface area contributed by atoms with Gasteiger partial charge in [-0.25, -0.2) is 0 Å². The van der Waals surface area contributed by atoms with Gasteiger partial charge in [-0.15, -0.1) is 12.4 Å². The number of nitrogens with one attached hydrogen (secondary N) is 2. The van der Waals surface area contributed by atoms with Crippen LogP contribution in [0.15, 0.2) is 42.7 Å². The van der Waals surface area contributed by atoms with Gasteiger partial charge < -0.3 is 10.6 Å². The van der Waals surface area contributed by atoms with Gasteiger partial charge in [-0.3, -0.25) is 15.1 Å². The number of hydrogen-bond acceptors (Lipinski definition) is 5. The highest BCUT2D eigenvalue weighted by Gasteiger charge is 2.08. The number of benzene rings is 1. The second-order valence-corrected chi connectivity index (χ2v) is 4.79. The van der Waals surface area contributed by atoms with Crippen molar-refractivity contribution in [2.24, 2.45) is 0 Å². The molecule has 8 heteroatoms. The maximum atomic E-state index is 10.6. The minimum atomic E-state index is -0.467. The standard InChI is InChI=1S/C14H15ClN4O2.ClH/c15-13-8-12(19(20)21)3-4-14(13)18-7-6-17-10-11-2-1-5-16-9-11;/h1-5,8-9,17-18H,6-7,10H2;1H. The number of non-ortho nitro benzene ring substituents is 1. The van der Waals surface area contributed by atoms with E-state index >= 15 is 0 Å². The van der Waals surface area contributed by atoms with Gasteiger partial charge in [0.15, 0.2) is 0 Å². The summed E-state index contributed by atoms with van der Waals surface area (Å²) in [5.74, 6) is 0. The lowest BCUT2D eigenvalue weighted by Gasteiger charge is -2.09. The molecule has 0 aliphatic heterocycles. The Morgan fingerprint density at radius 3 is 2.73 bits per heavy atom. The first kappa shape index (κ1) is 18.2. The first-order valence-electron chi connectivity index (χ1n) is 6.44. The van der Waals surface area contributed by atoms with E-state index in [4.69, 9.17) is 11.6 Å². The number of nitro groups is 1. The molecular formula is C14H16Cl2N4O2. The zero-order valence-corrected chi connectivity index (χ0v) is 13.2. The van der Waals surface area contributed by atoms with Crippen LogP contribution in [0.2, 0.25) is 5.02 Å². The van der Waals surface area contributed by atoms with Crippen LogP contribution in [-0.2, 0) is 6.54 Å². The Bertz CT molecular complexity index is 611. The zero-order valence-electron chi connectivity index (χ0n) is 11.7. The van der Waals surface area contributed by atoms with E-state index in [1.54, 1.807) is 12.3 Å². The Hall–Kier alpha value is -1.89. The second kappa shape index (κ2) is 9.19. The molecule has 6 nitrogen and oxygen atoms in total. The molecule has 0 aliphatic rings. The summed E-state index contributed by atoms with van der Waals surface area (Å²) in [7, 11) is 0. The molecule has 0 bridgehead atoms. The summed E-state index contributed by atoms with van der Waals surface area (Å²) in [6.45, 7) is 2.14. The van der Waals surface area contributed by atoms with Crippen LogP contribution in [-0.4, -0.2) is 23.0 Å². The van der Waals surface area contributed by atoms with Crippen LogP contribution in [0.5, 0.6) is 0 Å². The highest BCUT2D eigenvalue weighted by atomic mass is 35.5. The number of nitrogens with zero attached hydrogens (tertiary/aromatic N) is 2. The van der Waals surface area contributed by atoms with Crippen LogP contribution in [0.25, 0.3) is 0 Å². The molecule has 0 fully saturated rings. The van der Waals surface area contributed by atoms with Gasteiger partial charge in [0.2, 0.25) is 0 Å². The lowest BCUT2D eigenvalue weighted by atomic mass is 10.3. The van der Waals surface area contributed by atoms with E-state index in [2.05, 4.69) is 15.6 Å². The second-order valence-electron chi connectivity index (χ2n) is 4.39. The topological polar surface area (TPSA) is 80.1 Å². The third-order valence-corrected chi connectivity index (χ3v) is 3.15. The summed E-state index contributed by atoms with van der Waals surface area (Å²) in [5, 5.41) is 17.4. The van der Waals surface area contributed by atoms with Crippen molar-refractivity contribution in [1.82, 2.24) is 10.3 Å². The molecule has 2 aromatic rings. The fourth-order valence-corrected chi connectivity index (χ4v) is 2.02. The van der Waals surface area contributed by atoms with Crippen molar-refractivity contribution in [3.8, 4) is 0 Å². The number of hydrogen-bond donors (Lipinski definition) is 2. The van der Waals surface area contributed by atoms with Crippen molar-refractivity contribution in [1.29, 1.82) is 0 Å². The Balaban J connectivity index is 0.00000242. The van der Waals surface area contributed by atoms with Crippen molar-refractivity contribution in [2.75, 3.05) is 18.4 Å². The summed E-state index contributed by atoms with van der Waals surface area (Å²) in [6.07, 6.45) is 3.55. The normalized spacial score (nSPS) is 9.86. The predicted octanol–water partition coefficient (Wildman–Crippen LogP) is 3.27. The highest BCUT2D eigenvalue weighted by Crippen LogP contribution is 2.26. The number of halogens is 2. The summed E-state index contributed by atoms with van der Waals surface area (Å²) >= 11 is 5.99. The lowest BCUT2D eigenvalue weighted by Crippen LogP contribution is -2.21. The molecule has 0 saturated heterocycles. The van der Waals surface area contributed by atoms with E-state index in [9.17, 15) is 10.1 Å². The Kier molecular flexibility index (Phi) is 7.59. The van der Waals surface area contributed by atoms with Gasteiger partial charge in [-0.1, -0.05) is 17.7 Å². The van der Waals surface area contributed by atoms with E-state index in [0.717, 1.165) is 18.7 Å². The first-order valence-corrected chi connectivity index (χ1v) is 6.82. The monoisotopic (exact) mass is 342 g/mol. The van der Waals surface area contributed by atoms with Gasteiger partial charge in [-0.2, -0.15) is 0 Å². The Morgan fingerprint density at radius 2 is 2.09 bits per heavy atom. The molecule has 0 aliphatic carbocycles. The van der Waals surface area contributed by atoms with Crippen LogP contribution < -0.4 is 10.6 Å². The maximum Gasteiger partial charge on any atom is 0.271 e. The summed E-state index contributed by atoms with van der Waals surface area (Å²) in [6, 6.07) is 8.28. The smallest absolute Gasteiger partial charge is 0.271 e. The van der Waals surface area contributed by atoms with Gasteiger partial charge in [0.05, 0.1) is 15.6 Å². The minimum absolute atomic E-state index is 0. The van der Waals surface area contributed by atoms with E-state index < -0.39 is 4.92 Å². The molecule has 0 unspecified atom stereocenters. The quantitative estimate of drug-likeness (QED) is 0.458. The molecule has 22 heavy (non-hydrogen) atoms. The zero-order chi connectivity index (χ0) is 15.1.